The Labute approximate surface area is 171 Å². The second-order valence-electron chi connectivity index (χ2n) is 7.47. The van der Waals surface area contributed by atoms with Crippen LogP contribution in [-0.4, -0.2) is 41.4 Å². The molecule has 0 aromatic carbocycles. The van der Waals surface area contributed by atoms with Crippen LogP contribution in [0, 0.1) is 0 Å². The molecule has 2 rings (SSSR count). The molecule has 1 aliphatic rings. The van der Waals surface area contributed by atoms with Crippen LogP contribution in [0.15, 0.2) is 6.07 Å². The average Bonchev–Trinajstić information content (AvgIpc) is 2.96. The van der Waals surface area contributed by atoms with Gasteiger partial charge < -0.3 is 20.7 Å². The summed E-state index contributed by atoms with van der Waals surface area (Å²) in [5.74, 6) is -1.88. The summed E-state index contributed by atoms with van der Waals surface area (Å²) in [5, 5.41) is 9.89. The van der Waals surface area contributed by atoms with Gasteiger partial charge in [-0.3, -0.25) is 24.5 Å². The lowest BCUT2D eigenvalue weighted by molar-refractivity contribution is -0.134. The summed E-state index contributed by atoms with van der Waals surface area (Å²) in [6, 6.07) is 0.735. The minimum atomic E-state index is -0.837. The van der Waals surface area contributed by atoms with E-state index in [1.54, 1.807) is 26.8 Å². The fraction of sp³-hybridized carbons (Fsp3) is 0.500. The van der Waals surface area contributed by atoms with E-state index in [4.69, 9.17) is 4.74 Å². The molecule has 1 saturated heterocycles. The number of imide groups is 1. The first kappa shape index (κ1) is 22.3. The number of carbonyl (C=O) groups is 5. The molecule has 0 bridgehead atoms. The van der Waals surface area contributed by atoms with Gasteiger partial charge in [-0.2, -0.15) is 0 Å². The third-order valence-electron chi connectivity index (χ3n) is 3.65. The monoisotopic (exact) mass is 424 g/mol. The largest absolute Gasteiger partial charge is 0.444 e. The van der Waals surface area contributed by atoms with Gasteiger partial charge in [0.15, 0.2) is 0 Å². The number of nitrogens with one attached hydrogen (secondary N) is 4. The van der Waals surface area contributed by atoms with Crippen molar-refractivity contribution >= 4 is 46.7 Å². The molecule has 29 heavy (non-hydrogen) atoms. The van der Waals surface area contributed by atoms with Crippen molar-refractivity contribution in [3.05, 3.63) is 15.8 Å². The predicted molar refractivity (Wildman–Crippen MR) is 105 cm³/mol. The third-order valence-corrected chi connectivity index (χ3v) is 4.78. The molecule has 2 heterocycles. The maximum atomic E-state index is 12.7. The molecule has 10 nitrogen and oxygen atoms in total. The second-order valence-corrected chi connectivity index (χ2v) is 8.61. The van der Waals surface area contributed by atoms with E-state index in [1.165, 1.54) is 6.92 Å². The van der Waals surface area contributed by atoms with E-state index in [9.17, 15) is 24.0 Å². The van der Waals surface area contributed by atoms with Crippen molar-refractivity contribution in [2.75, 3.05) is 5.32 Å². The molecule has 1 aromatic rings. The van der Waals surface area contributed by atoms with E-state index < -0.39 is 29.6 Å². The van der Waals surface area contributed by atoms with Gasteiger partial charge in [-0.1, -0.05) is 0 Å². The maximum absolute atomic E-state index is 12.7. The summed E-state index contributed by atoms with van der Waals surface area (Å²) in [4.78, 5) is 59.8. The van der Waals surface area contributed by atoms with Crippen LogP contribution in [0.5, 0.6) is 0 Å². The number of anilines is 1. The summed E-state index contributed by atoms with van der Waals surface area (Å²) >= 11 is 1.06. The topological polar surface area (TPSA) is 143 Å². The first-order chi connectivity index (χ1) is 13.4. The number of ether oxygens (including phenoxy) is 1. The van der Waals surface area contributed by atoms with Crippen LogP contribution in [0.3, 0.4) is 0 Å². The Morgan fingerprint density at radius 3 is 2.55 bits per heavy atom. The van der Waals surface area contributed by atoms with E-state index >= 15 is 0 Å². The van der Waals surface area contributed by atoms with Gasteiger partial charge in [0.1, 0.15) is 16.5 Å². The van der Waals surface area contributed by atoms with Crippen molar-refractivity contribution in [1.82, 2.24) is 16.0 Å². The second kappa shape index (κ2) is 9.03. The first-order valence-electron chi connectivity index (χ1n) is 8.96. The molecular formula is C18H24N4O6S. The van der Waals surface area contributed by atoms with E-state index in [0.29, 0.717) is 4.88 Å². The Kier molecular flexibility index (Phi) is 6.96. The number of hydrogen-bond donors (Lipinski definition) is 4. The van der Waals surface area contributed by atoms with Gasteiger partial charge >= 0.3 is 6.09 Å². The molecule has 1 aromatic heterocycles. The molecule has 1 unspecified atom stereocenters. The smallest absolute Gasteiger partial charge is 0.407 e. The van der Waals surface area contributed by atoms with Crippen LogP contribution in [0.2, 0.25) is 0 Å². The number of thiophene rings is 1. The highest BCUT2D eigenvalue weighted by Gasteiger charge is 2.29. The zero-order chi connectivity index (χ0) is 21.8. The lowest BCUT2D eigenvalue weighted by Crippen LogP contribution is -2.52. The number of rotatable bonds is 5. The van der Waals surface area contributed by atoms with E-state index in [-0.39, 0.29) is 41.8 Å². The summed E-state index contributed by atoms with van der Waals surface area (Å²) in [7, 11) is 0. The summed E-state index contributed by atoms with van der Waals surface area (Å²) in [5.41, 5.74) is -0.373. The molecule has 1 fully saturated rings. The van der Waals surface area contributed by atoms with Crippen LogP contribution in [-0.2, 0) is 25.7 Å². The molecule has 5 amide bonds. The Morgan fingerprint density at radius 2 is 1.97 bits per heavy atom. The zero-order valence-corrected chi connectivity index (χ0v) is 17.5. The van der Waals surface area contributed by atoms with Crippen LogP contribution >= 0.6 is 11.3 Å². The van der Waals surface area contributed by atoms with Crippen LogP contribution < -0.4 is 21.3 Å². The molecule has 11 heteroatoms. The highest BCUT2D eigenvalue weighted by atomic mass is 32.1. The zero-order valence-electron chi connectivity index (χ0n) is 16.6. The fourth-order valence-corrected chi connectivity index (χ4v) is 3.46. The lowest BCUT2D eigenvalue weighted by atomic mass is 10.1. The number of piperidine rings is 1. The summed E-state index contributed by atoms with van der Waals surface area (Å²) < 4.78 is 5.16. The van der Waals surface area contributed by atoms with Gasteiger partial charge in [-0.25, -0.2) is 4.79 Å². The molecule has 1 atom stereocenters. The van der Waals surface area contributed by atoms with Crippen LogP contribution in [0.1, 0.15) is 55.1 Å². The number of alkyl carbamates (subject to hydrolysis) is 1. The van der Waals surface area contributed by atoms with Crippen molar-refractivity contribution in [3.8, 4) is 0 Å². The molecule has 4 N–H and O–H groups in total. The van der Waals surface area contributed by atoms with E-state index in [2.05, 4.69) is 21.3 Å². The van der Waals surface area contributed by atoms with E-state index in [0.717, 1.165) is 11.3 Å². The van der Waals surface area contributed by atoms with Gasteiger partial charge in [0, 0.05) is 18.2 Å². The minimum absolute atomic E-state index is 0.0951. The van der Waals surface area contributed by atoms with Gasteiger partial charge in [0.05, 0.1) is 12.2 Å². The molecule has 0 radical (unpaired) electrons. The summed E-state index contributed by atoms with van der Waals surface area (Å²) in [6.07, 6.45) is -0.281. The average molecular weight is 424 g/mol. The maximum Gasteiger partial charge on any atom is 0.407 e. The van der Waals surface area contributed by atoms with Gasteiger partial charge in [-0.05, 0) is 33.3 Å². The molecule has 1 aliphatic heterocycles. The van der Waals surface area contributed by atoms with Crippen LogP contribution in [0.25, 0.3) is 0 Å². The molecule has 158 valence electrons. The Morgan fingerprint density at radius 1 is 1.28 bits per heavy atom. The summed E-state index contributed by atoms with van der Waals surface area (Å²) in [6.45, 7) is 6.62. The third kappa shape index (κ3) is 6.86. The molecule has 0 saturated carbocycles. The van der Waals surface area contributed by atoms with Crippen LogP contribution in [0.4, 0.5) is 10.5 Å². The van der Waals surface area contributed by atoms with Crippen molar-refractivity contribution in [2.45, 2.75) is 58.7 Å². The minimum Gasteiger partial charge on any atom is -0.444 e. The van der Waals surface area contributed by atoms with Crippen molar-refractivity contribution in [1.29, 1.82) is 0 Å². The highest BCUT2D eigenvalue weighted by molar-refractivity contribution is 7.14. The van der Waals surface area contributed by atoms with E-state index in [1.807, 2.05) is 0 Å². The van der Waals surface area contributed by atoms with Gasteiger partial charge in [0.25, 0.3) is 5.91 Å². The first-order valence-corrected chi connectivity index (χ1v) is 9.78. The SMILES string of the molecule is CC(=O)Nc1cc(CNC(=O)OC(C)(C)C)sc1C(=O)NC1CCC(=O)NC1=O. The lowest BCUT2D eigenvalue weighted by Gasteiger charge is -2.21. The van der Waals surface area contributed by atoms with Gasteiger partial charge in [0.2, 0.25) is 17.7 Å². The Balaban J connectivity index is 2.10. The molecule has 0 aliphatic carbocycles. The van der Waals surface area contributed by atoms with Gasteiger partial charge in [-0.15, -0.1) is 11.3 Å². The highest BCUT2D eigenvalue weighted by Crippen LogP contribution is 2.28. The number of amides is 5. The number of hydrogen-bond acceptors (Lipinski definition) is 7. The fourth-order valence-electron chi connectivity index (χ4n) is 2.51. The van der Waals surface area contributed by atoms with Crippen molar-refractivity contribution in [2.24, 2.45) is 0 Å². The Hall–Kier alpha value is -2.95. The Bertz CT molecular complexity index is 842. The van der Waals surface area contributed by atoms with Crippen molar-refractivity contribution < 1.29 is 28.7 Å². The standard InChI is InChI=1S/C18H24N4O6S/c1-9(23)20-12-7-10(8-19-17(27)28-18(2,3)4)29-14(12)16(26)21-11-5-6-13(24)22-15(11)25/h7,11H,5-6,8H2,1-4H3,(H,19,27)(H,20,23)(H,21,26)(H,22,24,25). The molecular weight excluding hydrogens is 400 g/mol. The van der Waals surface area contributed by atoms with Crippen molar-refractivity contribution in [3.63, 3.8) is 0 Å². The molecule has 0 spiro atoms. The normalized spacial score (nSPS) is 16.6. The predicted octanol–water partition coefficient (Wildman–Crippen LogP) is 1.27. The number of carbonyl (C=O) groups excluding carboxylic acids is 5. The quantitative estimate of drug-likeness (QED) is 0.524.